The van der Waals surface area contributed by atoms with Gasteiger partial charge in [0.1, 0.15) is 0 Å². The van der Waals surface area contributed by atoms with Gasteiger partial charge in [-0.1, -0.05) is 67.5 Å². The van der Waals surface area contributed by atoms with Gasteiger partial charge in [0.25, 0.3) is 5.56 Å². The first-order chi connectivity index (χ1) is 16.3. The second-order valence-electron chi connectivity index (χ2n) is 8.85. The van der Waals surface area contributed by atoms with Crippen LogP contribution in [0.5, 0.6) is 0 Å². The number of amides is 1. The van der Waals surface area contributed by atoms with Crippen LogP contribution in [0.4, 0.5) is 5.69 Å². The topological polar surface area (TPSA) is 92.2 Å². The van der Waals surface area contributed by atoms with Crippen molar-refractivity contribution >= 4 is 40.7 Å². The van der Waals surface area contributed by atoms with Gasteiger partial charge in [0, 0.05) is 21.7 Å². The largest absolute Gasteiger partial charge is 0.325 e. The van der Waals surface area contributed by atoms with Crippen molar-refractivity contribution in [2.24, 2.45) is 0 Å². The van der Waals surface area contributed by atoms with E-state index in [0.29, 0.717) is 32.9 Å². The van der Waals surface area contributed by atoms with E-state index in [-0.39, 0.29) is 22.6 Å². The summed E-state index contributed by atoms with van der Waals surface area (Å²) in [6.07, 6.45) is 1.58. The van der Waals surface area contributed by atoms with Crippen molar-refractivity contribution < 1.29 is 4.79 Å². The molecule has 0 aliphatic heterocycles. The SMILES string of the molecule is CC[C@@]1(C)Cc2ccccc2-c2nc3[nH]nc(SCC(=O)Nc4cc(Cl)ccc4C)n3c(=O)c21. The number of nitrogens with one attached hydrogen (secondary N) is 2. The number of aromatic amines is 1. The Morgan fingerprint density at radius 3 is 2.88 bits per heavy atom. The van der Waals surface area contributed by atoms with Crippen LogP contribution in [-0.4, -0.2) is 31.2 Å². The third-order valence-electron chi connectivity index (χ3n) is 6.57. The number of fused-ring (bicyclic) bond motifs is 4. The number of aromatic nitrogens is 4. The van der Waals surface area contributed by atoms with E-state index in [4.69, 9.17) is 16.6 Å². The van der Waals surface area contributed by atoms with Gasteiger partial charge in [0.15, 0.2) is 5.16 Å². The first kappa shape index (κ1) is 22.7. The minimum Gasteiger partial charge on any atom is -0.325 e. The lowest BCUT2D eigenvalue weighted by atomic mass is 9.69. The number of halogens is 1. The van der Waals surface area contributed by atoms with Crippen LogP contribution in [-0.2, 0) is 16.6 Å². The average molecular weight is 494 g/mol. The predicted molar refractivity (Wildman–Crippen MR) is 136 cm³/mol. The van der Waals surface area contributed by atoms with Crippen LogP contribution in [0.25, 0.3) is 17.0 Å². The van der Waals surface area contributed by atoms with Crippen LogP contribution < -0.4 is 10.9 Å². The molecule has 2 N–H and O–H groups in total. The van der Waals surface area contributed by atoms with Gasteiger partial charge < -0.3 is 5.32 Å². The average Bonchev–Trinajstić information content (AvgIpc) is 3.23. The quantitative estimate of drug-likeness (QED) is 0.382. The van der Waals surface area contributed by atoms with Gasteiger partial charge in [0.05, 0.1) is 17.0 Å². The van der Waals surface area contributed by atoms with E-state index < -0.39 is 0 Å². The molecule has 9 heteroatoms. The molecule has 2 heterocycles. The number of rotatable bonds is 5. The molecular formula is C25H24ClN5O2S. The van der Waals surface area contributed by atoms with E-state index in [1.807, 2.05) is 31.2 Å². The van der Waals surface area contributed by atoms with Crippen molar-refractivity contribution in [3.63, 3.8) is 0 Å². The van der Waals surface area contributed by atoms with Gasteiger partial charge in [-0.25, -0.2) is 14.5 Å². The summed E-state index contributed by atoms with van der Waals surface area (Å²) >= 11 is 7.24. The highest BCUT2D eigenvalue weighted by atomic mass is 35.5. The lowest BCUT2D eigenvalue weighted by Gasteiger charge is -2.34. The Labute approximate surface area is 206 Å². The zero-order chi connectivity index (χ0) is 24.0. The number of carbonyl (C=O) groups is 1. The molecule has 0 fully saturated rings. The number of hydrogen-bond donors (Lipinski definition) is 2. The highest BCUT2D eigenvalue weighted by Crippen LogP contribution is 2.42. The Hall–Kier alpha value is -3.10. The van der Waals surface area contributed by atoms with Crippen molar-refractivity contribution in [1.82, 2.24) is 19.6 Å². The maximum Gasteiger partial charge on any atom is 0.265 e. The molecule has 0 unspecified atom stereocenters. The second-order valence-corrected chi connectivity index (χ2v) is 10.2. The Bertz CT molecular complexity index is 1490. The highest BCUT2D eigenvalue weighted by molar-refractivity contribution is 7.99. The summed E-state index contributed by atoms with van der Waals surface area (Å²) in [6, 6.07) is 13.4. The second kappa shape index (κ2) is 8.60. The molecule has 0 radical (unpaired) electrons. The minimum atomic E-state index is -0.338. The van der Waals surface area contributed by atoms with E-state index in [2.05, 4.69) is 35.4 Å². The zero-order valence-corrected chi connectivity index (χ0v) is 20.7. The molecule has 1 atom stereocenters. The molecule has 174 valence electrons. The molecule has 0 saturated heterocycles. The Morgan fingerprint density at radius 2 is 2.09 bits per heavy atom. The predicted octanol–water partition coefficient (Wildman–Crippen LogP) is 5.00. The number of nitrogens with zero attached hydrogens (tertiary/aromatic N) is 3. The highest BCUT2D eigenvalue weighted by Gasteiger charge is 2.38. The first-order valence-electron chi connectivity index (χ1n) is 11.1. The summed E-state index contributed by atoms with van der Waals surface area (Å²) < 4.78 is 1.49. The van der Waals surface area contributed by atoms with Crippen molar-refractivity contribution in [2.45, 2.75) is 44.2 Å². The number of H-pyrrole nitrogens is 1. The number of benzene rings is 2. The molecular weight excluding hydrogens is 470 g/mol. The van der Waals surface area contributed by atoms with Crippen LogP contribution in [0.2, 0.25) is 5.02 Å². The molecule has 34 heavy (non-hydrogen) atoms. The minimum absolute atomic E-state index is 0.0866. The van der Waals surface area contributed by atoms with E-state index in [1.54, 1.807) is 12.1 Å². The summed E-state index contributed by atoms with van der Waals surface area (Å²) in [4.78, 5) is 31.2. The van der Waals surface area contributed by atoms with Gasteiger partial charge in [-0.2, -0.15) is 0 Å². The molecule has 1 aliphatic rings. The van der Waals surface area contributed by atoms with Crippen molar-refractivity contribution in [3.8, 4) is 11.3 Å². The molecule has 1 aliphatic carbocycles. The fourth-order valence-electron chi connectivity index (χ4n) is 4.52. The van der Waals surface area contributed by atoms with Crippen molar-refractivity contribution in [3.05, 3.63) is 74.5 Å². The number of thioether (sulfide) groups is 1. The molecule has 0 spiro atoms. The van der Waals surface area contributed by atoms with E-state index in [9.17, 15) is 9.59 Å². The normalized spacial score (nSPS) is 16.8. The fraction of sp³-hybridized carbons (Fsp3) is 0.280. The van der Waals surface area contributed by atoms with Crippen LogP contribution in [0, 0.1) is 6.92 Å². The van der Waals surface area contributed by atoms with E-state index in [0.717, 1.165) is 24.0 Å². The van der Waals surface area contributed by atoms with E-state index >= 15 is 0 Å². The molecule has 5 rings (SSSR count). The Morgan fingerprint density at radius 1 is 1.29 bits per heavy atom. The van der Waals surface area contributed by atoms with Gasteiger partial charge >= 0.3 is 0 Å². The zero-order valence-electron chi connectivity index (χ0n) is 19.1. The summed E-state index contributed by atoms with van der Waals surface area (Å²) in [6.45, 7) is 6.11. The summed E-state index contributed by atoms with van der Waals surface area (Å²) in [5.41, 5.74) is 4.70. The molecule has 2 aromatic carbocycles. The smallest absolute Gasteiger partial charge is 0.265 e. The maximum absolute atomic E-state index is 13.8. The monoisotopic (exact) mass is 493 g/mol. The first-order valence-corrected chi connectivity index (χ1v) is 12.5. The molecule has 1 amide bonds. The summed E-state index contributed by atoms with van der Waals surface area (Å²) in [7, 11) is 0. The van der Waals surface area contributed by atoms with Gasteiger partial charge in [-0.05, 0) is 43.0 Å². The lowest BCUT2D eigenvalue weighted by Crippen LogP contribution is -2.37. The third kappa shape index (κ3) is 3.80. The third-order valence-corrected chi connectivity index (χ3v) is 7.74. The van der Waals surface area contributed by atoms with Crippen LogP contribution in [0.15, 0.2) is 52.4 Å². The number of hydrogen-bond acceptors (Lipinski definition) is 5. The fourth-order valence-corrected chi connectivity index (χ4v) is 5.43. The van der Waals surface area contributed by atoms with Crippen LogP contribution >= 0.6 is 23.4 Å². The molecule has 0 bridgehead atoms. The number of anilines is 1. The summed E-state index contributed by atoms with van der Waals surface area (Å²) in [5, 5.41) is 11.0. The molecule has 2 aromatic heterocycles. The van der Waals surface area contributed by atoms with Crippen LogP contribution in [0.3, 0.4) is 0 Å². The van der Waals surface area contributed by atoms with Gasteiger partial charge in [-0.3, -0.25) is 9.59 Å². The molecule has 7 nitrogen and oxygen atoms in total. The Kier molecular flexibility index (Phi) is 5.73. The molecule has 4 aromatic rings. The lowest BCUT2D eigenvalue weighted by molar-refractivity contribution is -0.113. The van der Waals surface area contributed by atoms with E-state index in [1.165, 1.54) is 21.7 Å². The number of aryl methyl sites for hydroxylation is 1. The van der Waals surface area contributed by atoms with Gasteiger partial charge in [0.2, 0.25) is 11.7 Å². The Balaban J connectivity index is 1.49. The number of carbonyl (C=O) groups excluding carboxylic acids is 1. The molecule has 0 saturated carbocycles. The summed E-state index contributed by atoms with van der Waals surface area (Å²) in [5.74, 6) is 0.244. The standard InChI is InChI=1S/C25H24ClN5O2S/c1-4-25(3)12-15-7-5-6-8-17(15)21-20(25)22(33)31-23(28-21)29-30-24(31)34-13-19(32)27-18-11-16(26)10-9-14(18)2/h5-11H,4,12-13H2,1-3H3,(H,27,32)(H,28,29)/t25-/m0/s1. The van der Waals surface area contributed by atoms with Crippen molar-refractivity contribution in [1.29, 1.82) is 0 Å². The van der Waals surface area contributed by atoms with Crippen molar-refractivity contribution in [2.75, 3.05) is 11.1 Å². The maximum atomic E-state index is 13.8. The van der Waals surface area contributed by atoms with Crippen LogP contribution in [0.1, 0.15) is 37.0 Å². The van der Waals surface area contributed by atoms with Gasteiger partial charge in [-0.15, -0.1) is 5.10 Å².